The third-order valence-electron chi connectivity index (χ3n) is 13.8. The van der Waals surface area contributed by atoms with E-state index in [0.29, 0.717) is 31.6 Å². The Morgan fingerprint density at radius 3 is 0.861 bits per heavy atom. The van der Waals surface area contributed by atoms with Crippen LogP contribution in [0.2, 0.25) is 0 Å². The lowest BCUT2D eigenvalue weighted by Crippen LogP contribution is -2.30. The van der Waals surface area contributed by atoms with Crippen molar-refractivity contribution < 1.29 is 80.2 Å². The van der Waals surface area contributed by atoms with Crippen LogP contribution in [-0.2, 0) is 65.4 Å². The smallest absolute Gasteiger partial charge is 0.462 e. The van der Waals surface area contributed by atoms with E-state index in [4.69, 9.17) is 37.0 Å². The van der Waals surface area contributed by atoms with Gasteiger partial charge in [0, 0.05) is 25.7 Å². The SMILES string of the molecule is CCCCCCCCCCCCCCCCC(=O)O[C@H](COC(=O)CCCCCCCCC(C)C)COP(=O)(O)OC[C@@H](O)COP(=O)(O)OC[C@@H](COC(=O)CCCCCCCCC)OC(=O)CCCCCCCCCCC. The Labute approximate surface area is 479 Å². The number of phosphoric ester groups is 2. The largest absolute Gasteiger partial charge is 0.472 e. The van der Waals surface area contributed by atoms with Crippen molar-refractivity contribution in [1.82, 2.24) is 0 Å². The van der Waals surface area contributed by atoms with Crippen LogP contribution in [-0.4, -0.2) is 96.7 Å². The van der Waals surface area contributed by atoms with Crippen LogP contribution in [0.1, 0.15) is 298 Å². The van der Waals surface area contributed by atoms with Crippen LogP contribution in [0.3, 0.4) is 0 Å². The molecule has 0 aromatic carbocycles. The Morgan fingerprint density at radius 2 is 0.582 bits per heavy atom. The van der Waals surface area contributed by atoms with Gasteiger partial charge in [0.15, 0.2) is 12.2 Å². The number of carbonyl (C=O) groups excluding carboxylic acids is 4. The molecular formula is C60H116O17P2. The fraction of sp³-hybridized carbons (Fsp3) is 0.933. The molecule has 0 bridgehead atoms. The fourth-order valence-electron chi connectivity index (χ4n) is 8.88. The van der Waals surface area contributed by atoms with E-state index in [1.165, 1.54) is 103 Å². The molecule has 0 saturated carbocycles. The van der Waals surface area contributed by atoms with E-state index in [9.17, 15) is 43.2 Å². The summed E-state index contributed by atoms with van der Waals surface area (Å²) in [5.41, 5.74) is 0. The van der Waals surface area contributed by atoms with Crippen LogP contribution in [0, 0.1) is 5.92 Å². The summed E-state index contributed by atoms with van der Waals surface area (Å²) in [5, 5.41) is 10.5. The average Bonchev–Trinajstić information content (AvgIpc) is 3.41. The number of unbranched alkanes of at least 4 members (excludes halogenated alkanes) is 32. The molecule has 0 aliphatic rings. The normalized spacial score (nSPS) is 14.3. The number of aliphatic hydroxyl groups excluding tert-OH is 1. The number of aliphatic hydroxyl groups is 1. The van der Waals surface area contributed by atoms with Crippen molar-refractivity contribution in [3.05, 3.63) is 0 Å². The maximum absolute atomic E-state index is 12.9. The van der Waals surface area contributed by atoms with E-state index in [1.807, 2.05) is 0 Å². The summed E-state index contributed by atoms with van der Waals surface area (Å²) in [4.78, 5) is 71.8. The molecule has 0 fully saturated rings. The third-order valence-corrected chi connectivity index (χ3v) is 15.7. The summed E-state index contributed by atoms with van der Waals surface area (Å²) in [6, 6.07) is 0. The molecule has 0 aliphatic carbocycles. The second-order valence-electron chi connectivity index (χ2n) is 22.2. The molecule has 0 aromatic rings. The number of phosphoric acid groups is 2. The molecule has 17 nitrogen and oxygen atoms in total. The molecule has 3 N–H and O–H groups in total. The first-order valence-electron chi connectivity index (χ1n) is 31.6. The zero-order valence-corrected chi connectivity index (χ0v) is 52.3. The van der Waals surface area contributed by atoms with Crippen molar-refractivity contribution in [2.24, 2.45) is 5.92 Å². The average molecular weight is 1170 g/mol. The van der Waals surface area contributed by atoms with Gasteiger partial charge in [-0.25, -0.2) is 9.13 Å². The molecule has 0 heterocycles. The van der Waals surface area contributed by atoms with Gasteiger partial charge < -0.3 is 33.8 Å². The van der Waals surface area contributed by atoms with Gasteiger partial charge in [0.1, 0.15) is 19.3 Å². The molecular weight excluding hydrogens is 1050 g/mol. The van der Waals surface area contributed by atoms with Crippen LogP contribution in [0.5, 0.6) is 0 Å². The number of rotatable bonds is 60. The molecule has 2 unspecified atom stereocenters. The van der Waals surface area contributed by atoms with Crippen molar-refractivity contribution in [2.75, 3.05) is 39.6 Å². The van der Waals surface area contributed by atoms with Gasteiger partial charge in [-0.2, -0.15) is 0 Å². The van der Waals surface area contributed by atoms with Gasteiger partial charge in [0.05, 0.1) is 26.4 Å². The molecule has 5 atom stereocenters. The Bertz CT molecular complexity index is 1550. The lowest BCUT2D eigenvalue weighted by atomic mass is 10.0. The summed E-state index contributed by atoms with van der Waals surface area (Å²) < 4.78 is 67.7. The van der Waals surface area contributed by atoms with Gasteiger partial charge in [-0.1, -0.05) is 247 Å². The van der Waals surface area contributed by atoms with Gasteiger partial charge >= 0.3 is 39.5 Å². The quantitative estimate of drug-likeness (QED) is 0.0222. The maximum Gasteiger partial charge on any atom is 0.472 e. The van der Waals surface area contributed by atoms with Gasteiger partial charge in [0.25, 0.3) is 0 Å². The second-order valence-corrected chi connectivity index (χ2v) is 25.1. The second kappa shape index (κ2) is 54.0. The Kier molecular flexibility index (Phi) is 52.7. The van der Waals surface area contributed by atoms with Gasteiger partial charge in [-0.3, -0.25) is 37.3 Å². The first kappa shape index (κ1) is 77.1. The molecule has 0 radical (unpaired) electrons. The zero-order valence-electron chi connectivity index (χ0n) is 50.5. The summed E-state index contributed by atoms with van der Waals surface area (Å²) >= 11 is 0. The first-order valence-corrected chi connectivity index (χ1v) is 34.6. The molecule has 0 spiro atoms. The van der Waals surface area contributed by atoms with E-state index < -0.39 is 97.5 Å². The van der Waals surface area contributed by atoms with Crippen molar-refractivity contribution in [1.29, 1.82) is 0 Å². The molecule has 19 heteroatoms. The highest BCUT2D eigenvalue weighted by Crippen LogP contribution is 2.45. The number of hydrogen-bond donors (Lipinski definition) is 3. The molecule has 0 amide bonds. The van der Waals surface area contributed by atoms with E-state index in [0.717, 1.165) is 109 Å². The van der Waals surface area contributed by atoms with E-state index in [2.05, 4.69) is 34.6 Å². The summed E-state index contributed by atoms with van der Waals surface area (Å²) in [6.45, 7) is 7.03. The minimum Gasteiger partial charge on any atom is -0.462 e. The standard InChI is InChI=1S/C60H116O17P2/c1-6-9-12-15-18-20-21-22-23-24-26-29-36-41-46-60(65)77-56(50-71-58(63)44-39-34-31-30-32-37-42-53(4)5)52-75-79(68,69)73-48-54(61)47-72-78(66,67)74-51-55(49-70-57(62)43-38-33-27-17-14-11-8-3)76-59(64)45-40-35-28-25-19-16-13-10-7-2/h53-56,61H,6-52H2,1-5H3,(H,66,67)(H,68,69)/t54-,55+,56+/m0/s1. The third kappa shape index (κ3) is 55.0. The maximum atomic E-state index is 12.9. The highest BCUT2D eigenvalue weighted by molar-refractivity contribution is 7.47. The minimum absolute atomic E-state index is 0.105. The predicted octanol–water partition coefficient (Wildman–Crippen LogP) is 16.2. The van der Waals surface area contributed by atoms with Crippen molar-refractivity contribution >= 4 is 39.5 Å². The summed E-state index contributed by atoms with van der Waals surface area (Å²) in [6.07, 6.45) is 36.4. The Hall–Kier alpha value is -1.94. The number of ether oxygens (including phenoxy) is 4. The summed E-state index contributed by atoms with van der Waals surface area (Å²) in [5.74, 6) is -1.46. The topological polar surface area (TPSA) is 237 Å². The molecule has 0 rings (SSSR count). The molecule has 468 valence electrons. The minimum atomic E-state index is -4.94. The first-order chi connectivity index (χ1) is 38.0. The summed E-state index contributed by atoms with van der Waals surface area (Å²) in [7, 11) is -9.87. The predicted molar refractivity (Wildman–Crippen MR) is 312 cm³/mol. The van der Waals surface area contributed by atoms with E-state index >= 15 is 0 Å². The highest BCUT2D eigenvalue weighted by Gasteiger charge is 2.30. The van der Waals surface area contributed by atoms with Gasteiger partial charge in [-0.05, 0) is 31.6 Å². The number of esters is 4. The van der Waals surface area contributed by atoms with Crippen molar-refractivity contribution in [3.8, 4) is 0 Å². The Morgan fingerprint density at radius 1 is 0.342 bits per heavy atom. The molecule has 79 heavy (non-hydrogen) atoms. The monoisotopic (exact) mass is 1170 g/mol. The van der Waals surface area contributed by atoms with E-state index in [1.54, 1.807) is 0 Å². The number of hydrogen-bond acceptors (Lipinski definition) is 15. The van der Waals surface area contributed by atoms with Crippen LogP contribution >= 0.6 is 15.6 Å². The van der Waals surface area contributed by atoms with Crippen molar-refractivity contribution in [2.45, 2.75) is 316 Å². The van der Waals surface area contributed by atoms with Gasteiger partial charge in [0.2, 0.25) is 0 Å². The van der Waals surface area contributed by atoms with Crippen LogP contribution in [0.15, 0.2) is 0 Å². The lowest BCUT2D eigenvalue weighted by molar-refractivity contribution is -0.161. The Balaban J connectivity index is 5.19. The zero-order chi connectivity index (χ0) is 58.5. The van der Waals surface area contributed by atoms with Gasteiger partial charge in [-0.15, -0.1) is 0 Å². The van der Waals surface area contributed by atoms with Crippen LogP contribution in [0.25, 0.3) is 0 Å². The number of carbonyl (C=O) groups is 4. The van der Waals surface area contributed by atoms with Crippen molar-refractivity contribution in [3.63, 3.8) is 0 Å². The molecule has 0 aromatic heterocycles. The van der Waals surface area contributed by atoms with E-state index in [-0.39, 0.29) is 25.7 Å². The van der Waals surface area contributed by atoms with Crippen LogP contribution in [0.4, 0.5) is 0 Å². The highest BCUT2D eigenvalue weighted by atomic mass is 31.2. The molecule has 0 saturated heterocycles. The fourth-order valence-corrected chi connectivity index (χ4v) is 10.5. The molecule has 0 aliphatic heterocycles. The lowest BCUT2D eigenvalue weighted by Gasteiger charge is -2.21. The van der Waals surface area contributed by atoms with Crippen LogP contribution < -0.4 is 0 Å².